The Kier molecular flexibility index (Phi) is 8.82. The monoisotopic (exact) mass is 648 g/mol. The Hall–Kier alpha value is -2.66. The Balaban J connectivity index is 0.00000400. The topological polar surface area (TPSA) is 96.7 Å². The molecular formula is C29H37IN4O3S. The van der Waals surface area contributed by atoms with Gasteiger partial charge in [0.1, 0.15) is 5.75 Å². The molecule has 3 amide bonds. The maximum Gasteiger partial charge on any atom is 0.331 e. The molecule has 38 heavy (non-hydrogen) atoms. The molecule has 2 aromatic rings. The van der Waals surface area contributed by atoms with Gasteiger partial charge in [-0.2, -0.15) is 0 Å². The number of phenolic OH excluding ortho intramolecular Hbond substituents is 1. The number of anilines is 2. The number of nitrogens with one attached hydrogen (secondary N) is 2. The first-order valence-corrected chi connectivity index (χ1v) is 13.7. The maximum absolute atomic E-state index is 13.4. The van der Waals surface area contributed by atoms with Crippen molar-refractivity contribution in [2.45, 2.75) is 52.4 Å². The number of rotatable bonds is 5. The smallest absolute Gasteiger partial charge is 0.331 e. The van der Waals surface area contributed by atoms with Gasteiger partial charge >= 0.3 is 6.03 Å². The number of hydrogen-bond donors (Lipinski definition) is 3. The number of carbonyl (C=O) groups excluding carboxylic acids is 2. The summed E-state index contributed by atoms with van der Waals surface area (Å²) in [7, 11) is -0.585. The molecule has 4 rings (SSSR count). The second kappa shape index (κ2) is 11.2. The second-order valence-electron chi connectivity index (χ2n) is 11.5. The lowest BCUT2D eigenvalue weighted by molar-refractivity contribution is 0.0830. The zero-order valence-electron chi connectivity index (χ0n) is 22.8. The Morgan fingerprint density at radius 3 is 2.11 bits per heavy atom. The lowest BCUT2D eigenvalue weighted by atomic mass is 9.79. The number of carbonyl (C=O) groups is 2. The molecule has 0 radical (unpaired) electrons. The van der Waals surface area contributed by atoms with Gasteiger partial charge in [0, 0.05) is 52.6 Å². The van der Waals surface area contributed by atoms with Gasteiger partial charge in [0.05, 0.1) is 0 Å². The van der Waals surface area contributed by atoms with Gasteiger partial charge < -0.3 is 10.4 Å². The van der Waals surface area contributed by atoms with Crippen molar-refractivity contribution >= 4 is 58.0 Å². The molecule has 0 bridgehead atoms. The molecule has 2 aliphatic rings. The highest BCUT2D eigenvalue weighted by atomic mass is 127. The predicted molar refractivity (Wildman–Crippen MR) is 167 cm³/mol. The minimum absolute atomic E-state index is 0. The average Bonchev–Trinajstić information content (AvgIpc) is 3.41. The van der Waals surface area contributed by atoms with Crippen molar-refractivity contribution in [2.24, 2.45) is 0 Å². The molecule has 3 N–H and O–H groups in total. The largest absolute Gasteiger partial charge is 0.507 e. The predicted octanol–water partition coefficient (Wildman–Crippen LogP) is 6.89. The summed E-state index contributed by atoms with van der Waals surface area (Å²) >= 11 is 0. The first-order chi connectivity index (χ1) is 17.3. The highest BCUT2D eigenvalue weighted by Gasteiger charge is 2.36. The highest BCUT2D eigenvalue weighted by Crippen LogP contribution is 2.42. The van der Waals surface area contributed by atoms with E-state index in [0.29, 0.717) is 30.9 Å². The number of aromatic hydroxyl groups is 1. The first kappa shape index (κ1) is 29.9. The van der Waals surface area contributed by atoms with E-state index in [0.717, 1.165) is 21.7 Å². The minimum atomic E-state index is -0.585. The second-order valence-corrected chi connectivity index (χ2v) is 13.0. The molecule has 2 aliphatic heterocycles. The van der Waals surface area contributed by atoms with Crippen LogP contribution in [0.1, 0.15) is 63.0 Å². The molecular weight excluding hydrogens is 611 g/mol. The summed E-state index contributed by atoms with van der Waals surface area (Å²) in [5.74, 6) is -0.0726. The van der Waals surface area contributed by atoms with Gasteiger partial charge in [-0.15, -0.1) is 24.0 Å². The molecule has 0 saturated carbocycles. The maximum atomic E-state index is 13.4. The van der Waals surface area contributed by atoms with E-state index in [9.17, 15) is 14.7 Å². The average molecular weight is 649 g/mol. The molecule has 0 aromatic heterocycles. The third kappa shape index (κ3) is 6.14. The third-order valence-corrected chi connectivity index (χ3v) is 7.93. The summed E-state index contributed by atoms with van der Waals surface area (Å²) in [6.07, 6.45) is 3.85. The third-order valence-electron chi connectivity index (χ3n) is 6.65. The van der Waals surface area contributed by atoms with Crippen LogP contribution in [0.15, 0.2) is 58.9 Å². The standard InChI is InChI=1S/C29H36N4O3S.HI/c1-28(2,3)23-16-21(17-24(25(23)34)29(4,5)6)32-13-14-33(27(32)36)26(35)19-9-11-20(12-10-19)31-18-22-8-7-15-37(22)30;/h7-12,15-17,30-31,34H,13-14,18H2,1-6H3;1H. The van der Waals surface area contributed by atoms with Crippen LogP contribution >= 0.6 is 24.0 Å². The Labute approximate surface area is 244 Å². The molecule has 2 aromatic carbocycles. The van der Waals surface area contributed by atoms with E-state index in [1.807, 2.05) is 83.4 Å². The number of nitrogens with zero attached hydrogens (tertiary/aromatic N) is 2. The van der Waals surface area contributed by atoms with Gasteiger partial charge in [0.15, 0.2) is 0 Å². The van der Waals surface area contributed by atoms with Gasteiger partial charge in [-0.25, -0.2) is 4.79 Å². The number of benzene rings is 2. The van der Waals surface area contributed by atoms with Crippen LogP contribution in [0.2, 0.25) is 0 Å². The lowest BCUT2D eigenvalue weighted by Gasteiger charge is -2.30. The molecule has 204 valence electrons. The summed E-state index contributed by atoms with van der Waals surface area (Å²) in [4.78, 5) is 30.6. The van der Waals surface area contributed by atoms with Crippen LogP contribution in [0.25, 0.3) is 0 Å². The zero-order chi connectivity index (χ0) is 27.1. The van der Waals surface area contributed by atoms with Crippen molar-refractivity contribution in [3.8, 4) is 5.75 Å². The minimum Gasteiger partial charge on any atom is -0.507 e. The Morgan fingerprint density at radius 1 is 1.03 bits per heavy atom. The quantitative estimate of drug-likeness (QED) is 0.308. The Bertz CT molecular complexity index is 1290. The summed E-state index contributed by atoms with van der Waals surface area (Å²) < 4.78 is 7.97. The van der Waals surface area contributed by atoms with Crippen molar-refractivity contribution in [1.82, 2.24) is 4.90 Å². The van der Waals surface area contributed by atoms with E-state index in [-0.39, 0.29) is 52.5 Å². The van der Waals surface area contributed by atoms with Crippen LogP contribution in [-0.2, 0) is 21.5 Å². The van der Waals surface area contributed by atoms with Crippen LogP contribution < -0.4 is 10.2 Å². The summed E-state index contributed by atoms with van der Waals surface area (Å²) in [6, 6.07) is 10.5. The van der Waals surface area contributed by atoms with Gasteiger partial charge in [0.2, 0.25) is 0 Å². The van der Waals surface area contributed by atoms with E-state index < -0.39 is 10.7 Å². The Morgan fingerprint density at radius 2 is 1.61 bits per heavy atom. The van der Waals surface area contributed by atoms with Crippen molar-refractivity contribution < 1.29 is 14.7 Å². The molecule has 2 heterocycles. The summed E-state index contributed by atoms with van der Waals surface area (Å²) in [5, 5.41) is 16.2. The lowest BCUT2D eigenvalue weighted by Crippen LogP contribution is -2.36. The molecule has 1 unspecified atom stereocenters. The number of amides is 3. The molecule has 0 spiro atoms. The summed E-state index contributed by atoms with van der Waals surface area (Å²) in [5.41, 5.74) is 2.90. The van der Waals surface area contributed by atoms with Gasteiger partial charge in [-0.05, 0) is 58.7 Å². The summed E-state index contributed by atoms with van der Waals surface area (Å²) in [6.45, 7) is 13.5. The van der Waals surface area contributed by atoms with Crippen molar-refractivity contribution in [2.75, 3.05) is 29.9 Å². The SMILES string of the molecule is CC(C)(C)c1cc(N2CCN(C(=O)c3ccc(NCC4=CC=CS4=N)cc3)C2=O)cc(C(C)(C)C)c1O.I. The van der Waals surface area contributed by atoms with Crippen molar-refractivity contribution in [3.05, 3.63) is 75.6 Å². The number of imide groups is 1. The number of hydrogen-bond acceptors (Lipinski definition) is 5. The zero-order valence-corrected chi connectivity index (χ0v) is 25.9. The van der Waals surface area contributed by atoms with E-state index in [1.54, 1.807) is 17.0 Å². The number of halogens is 1. The molecule has 0 aliphatic carbocycles. The van der Waals surface area contributed by atoms with Crippen LogP contribution in [0.3, 0.4) is 0 Å². The van der Waals surface area contributed by atoms with E-state index >= 15 is 0 Å². The van der Waals surface area contributed by atoms with Gasteiger partial charge in [-0.1, -0.05) is 58.3 Å². The van der Waals surface area contributed by atoms with Crippen molar-refractivity contribution in [3.63, 3.8) is 0 Å². The van der Waals surface area contributed by atoms with Crippen LogP contribution in [0.5, 0.6) is 5.75 Å². The van der Waals surface area contributed by atoms with Gasteiger partial charge in [0.25, 0.3) is 5.91 Å². The molecule has 7 nitrogen and oxygen atoms in total. The number of allylic oxidation sites excluding steroid dienone is 2. The number of phenols is 1. The van der Waals surface area contributed by atoms with Crippen LogP contribution in [0, 0.1) is 4.78 Å². The molecule has 1 atom stereocenters. The van der Waals surface area contributed by atoms with Gasteiger partial charge in [-0.3, -0.25) is 19.4 Å². The van der Waals surface area contributed by atoms with E-state index in [1.165, 1.54) is 4.90 Å². The fourth-order valence-electron chi connectivity index (χ4n) is 4.48. The van der Waals surface area contributed by atoms with E-state index in [2.05, 4.69) is 5.32 Å². The van der Waals surface area contributed by atoms with Crippen LogP contribution in [0.4, 0.5) is 16.2 Å². The first-order valence-electron chi connectivity index (χ1n) is 12.4. The molecule has 1 saturated heterocycles. The number of urea groups is 1. The fraction of sp³-hybridized carbons (Fsp3) is 0.379. The normalized spacial score (nSPS) is 17.5. The van der Waals surface area contributed by atoms with Crippen molar-refractivity contribution in [1.29, 1.82) is 4.78 Å². The van der Waals surface area contributed by atoms with Crippen LogP contribution in [-0.4, -0.2) is 41.6 Å². The highest BCUT2D eigenvalue weighted by molar-refractivity contribution is 14.0. The molecule has 1 fully saturated rings. The molecule has 9 heteroatoms. The van der Waals surface area contributed by atoms with E-state index in [4.69, 9.17) is 4.78 Å². The fourth-order valence-corrected chi connectivity index (χ4v) is 5.35.